The van der Waals surface area contributed by atoms with Crippen LogP contribution in [0.4, 0.5) is 20.2 Å². The van der Waals surface area contributed by atoms with Crippen molar-refractivity contribution in [2.75, 3.05) is 16.2 Å². The lowest BCUT2D eigenvalue weighted by molar-refractivity contribution is 0.102. The second kappa shape index (κ2) is 8.11. The molecule has 0 saturated heterocycles. The molecule has 0 atom stereocenters. The highest BCUT2D eigenvalue weighted by molar-refractivity contribution is 7.92. The fraction of sp³-hybridized carbons (Fsp3) is 0.174. The molecule has 1 amide bonds. The Hall–Kier alpha value is -3.26. The van der Waals surface area contributed by atoms with Crippen LogP contribution < -0.4 is 9.62 Å². The van der Waals surface area contributed by atoms with E-state index in [-0.39, 0.29) is 16.1 Å². The van der Waals surface area contributed by atoms with Crippen LogP contribution in [-0.2, 0) is 16.4 Å². The van der Waals surface area contributed by atoms with Crippen LogP contribution in [0.25, 0.3) is 0 Å². The molecule has 0 saturated carbocycles. The van der Waals surface area contributed by atoms with E-state index in [1.165, 1.54) is 10.4 Å². The molecule has 160 valence electrons. The lowest BCUT2D eigenvalue weighted by Crippen LogP contribution is -2.35. The summed E-state index contributed by atoms with van der Waals surface area (Å²) in [4.78, 5) is 12.8. The van der Waals surface area contributed by atoms with Crippen molar-refractivity contribution in [3.8, 4) is 0 Å². The molecule has 0 aliphatic carbocycles. The number of fused-ring (bicyclic) bond motifs is 1. The standard InChI is InChI=1S/C23H20F2N2O3S/c1-15-4-8-19(9-5-15)31(29,30)27-12-2-3-16-13-17(6-11-22(16)27)23(28)26-21-10-7-18(24)14-20(21)25/h4-11,13-14H,2-3,12H2,1H3,(H,26,28). The van der Waals surface area contributed by atoms with Crippen LogP contribution in [-0.4, -0.2) is 20.9 Å². The number of benzene rings is 3. The van der Waals surface area contributed by atoms with Crippen LogP contribution in [0.2, 0.25) is 0 Å². The van der Waals surface area contributed by atoms with Crippen LogP contribution in [0.5, 0.6) is 0 Å². The highest BCUT2D eigenvalue weighted by atomic mass is 32.2. The van der Waals surface area contributed by atoms with E-state index in [4.69, 9.17) is 0 Å². The Kier molecular flexibility index (Phi) is 5.49. The van der Waals surface area contributed by atoms with Crippen LogP contribution in [0.1, 0.15) is 27.9 Å². The third-order valence-corrected chi connectivity index (χ3v) is 7.03. The van der Waals surface area contributed by atoms with Gasteiger partial charge in [0, 0.05) is 18.2 Å². The SMILES string of the molecule is Cc1ccc(S(=O)(=O)N2CCCc3cc(C(=O)Nc4ccc(F)cc4F)ccc32)cc1. The van der Waals surface area contributed by atoms with Crippen molar-refractivity contribution < 1.29 is 22.0 Å². The van der Waals surface area contributed by atoms with Gasteiger partial charge in [-0.25, -0.2) is 17.2 Å². The van der Waals surface area contributed by atoms with E-state index in [0.29, 0.717) is 36.7 Å². The summed E-state index contributed by atoms with van der Waals surface area (Å²) in [5.74, 6) is -2.17. The molecule has 0 spiro atoms. The molecule has 5 nitrogen and oxygen atoms in total. The monoisotopic (exact) mass is 442 g/mol. The molecule has 1 aliphatic rings. The number of halogens is 2. The Balaban J connectivity index is 1.62. The van der Waals surface area contributed by atoms with Gasteiger partial charge in [-0.3, -0.25) is 9.10 Å². The van der Waals surface area contributed by atoms with Crippen molar-refractivity contribution in [1.29, 1.82) is 0 Å². The normalized spacial score (nSPS) is 13.6. The van der Waals surface area contributed by atoms with Gasteiger partial charge in [-0.2, -0.15) is 0 Å². The average molecular weight is 442 g/mol. The number of rotatable bonds is 4. The number of carbonyl (C=O) groups excluding carboxylic acids is 1. The maximum Gasteiger partial charge on any atom is 0.264 e. The minimum atomic E-state index is -3.74. The van der Waals surface area contributed by atoms with Crippen LogP contribution >= 0.6 is 0 Å². The van der Waals surface area contributed by atoms with Gasteiger partial charge in [-0.05, 0) is 67.8 Å². The van der Waals surface area contributed by atoms with E-state index in [0.717, 1.165) is 17.7 Å². The van der Waals surface area contributed by atoms with Crippen molar-refractivity contribution in [2.45, 2.75) is 24.7 Å². The first-order valence-corrected chi connectivity index (χ1v) is 11.2. The van der Waals surface area contributed by atoms with Gasteiger partial charge in [0.1, 0.15) is 11.6 Å². The zero-order valence-electron chi connectivity index (χ0n) is 16.7. The van der Waals surface area contributed by atoms with E-state index in [2.05, 4.69) is 5.32 Å². The van der Waals surface area contributed by atoms with E-state index in [9.17, 15) is 22.0 Å². The summed E-state index contributed by atoms with van der Waals surface area (Å²) < 4.78 is 54.6. The van der Waals surface area contributed by atoms with Gasteiger partial charge >= 0.3 is 0 Å². The number of anilines is 2. The predicted octanol–water partition coefficient (Wildman–Crippen LogP) is 4.67. The van der Waals surface area contributed by atoms with Crippen LogP contribution in [0.15, 0.2) is 65.6 Å². The van der Waals surface area contributed by atoms with Gasteiger partial charge in [0.25, 0.3) is 15.9 Å². The molecule has 1 N–H and O–H groups in total. The predicted molar refractivity (Wildman–Crippen MR) is 115 cm³/mol. The molecule has 3 aromatic rings. The van der Waals surface area contributed by atoms with Gasteiger partial charge in [-0.15, -0.1) is 0 Å². The largest absolute Gasteiger partial charge is 0.319 e. The maximum absolute atomic E-state index is 13.8. The molecule has 1 heterocycles. The molecule has 8 heteroatoms. The molecular formula is C23H20F2N2O3S. The smallest absolute Gasteiger partial charge is 0.264 e. The minimum Gasteiger partial charge on any atom is -0.319 e. The van der Waals surface area contributed by atoms with Crippen molar-refractivity contribution in [2.24, 2.45) is 0 Å². The van der Waals surface area contributed by atoms with Crippen molar-refractivity contribution >= 4 is 27.3 Å². The Morgan fingerprint density at radius 3 is 2.45 bits per heavy atom. The molecular weight excluding hydrogens is 422 g/mol. The third-order valence-electron chi connectivity index (χ3n) is 5.21. The Morgan fingerprint density at radius 1 is 1.00 bits per heavy atom. The summed E-state index contributed by atoms with van der Waals surface area (Å²) in [6.07, 6.45) is 1.22. The summed E-state index contributed by atoms with van der Waals surface area (Å²) >= 11 is 0. The number of nitrogens with one attached hydrogen (secondary N) is 1. The summed E-state index contributed by atoms with van der Waals surface area (Å²) in [6, 6.07) is 14.3. The summed E-state index contributed by atoms with van der Waals surface area (Å²) in [6.45, 7) is 2.23. The number of sulfonamides is 1. The van der Waals surface area contributed by atoms with Crippen molar-refractivity contribution in [1.82, 2.24) is 0 Å². The van der Waals surface area contributed by atoms with Gasteiger partial charge in [0.05, 0.1) is 16.3 Å². The quantitative estimate of drug-likeness (QED) is 0.639. The van der Waals surface area contributed by atoms with E-state index >= 15 is 0 Å². The van der Waals surface area contributed by atoms with Crippen molar-refractivity contribution in [3.05, 3.63) is 89.0 Å². The molecule has 4 rings (SSSR count). The first kappa shape index (κ1) is 21.0. The zero-order chi connectivity index (χ0) is 22.2. The van der Waals surface area contributed by atoms with Gasteiger partial charge < -0.3 is 5.32 Å². The summed E-state index contributed by atoms with van der Waals surface area (Å²) in [5.41, 5.74) is 2.33. The first-order chi connectivity index (χ1) is 14.8. The number of aryl methyl sites for hydroxylation is 2. The second-order valence-corrected chi connectivity index (χ2v) is 9.28. The first-order valence-electron chi connectivity index (χ1n) is 9.74. The number of carbonyl (C=O) groups is 1. The number of hydrogen-bond donors (Lipinski definition) is 1. The third kappa shape index (κ3) is 4.16. The zero-order valence-corrected chi connectivity index (χ0v) is 17.5. The van der Waals surface area contributed by atoms with E-state index in [1.807, 2.05) is 6.92 Å². The lowest BCUT2D eigenvalue weighted by Gasteiger charge is -2.30. The van der Waals surface area contributed by atoms with E-state index in [1.54, 1.807) is 36.4 Å². The van der Waals surface area contributed by atoms with Crippen molar-refractivity contribution in [3.63, 3.8) is 0 Å². The molecule has 31 heavy (non-hydrogen) atoms. The molecule has 0 unspecified atom stereocenters. The summed E-state index contributed by atoms with van der Waals surface area (Å²) in [7, 11) is -3.74. The highest BCUT2D eigenvalue weighted by Crippen LogP contribution is 2.33. The lowest BCUT2D eigenvalue weighted by atomic mass is 10.0. The molecule has 0 fully saturated rings. The maximum atomic E-state index is 13.8. The van der Waals surface area contributed by atoms with Gasteiger partial charge in [-0.1, -0.05) is 17.7 Å². The molecule has 1 aliphatic heterocycles. The average Bonchev–Trinajstić information content (AvgIpc) is 2.75. The second-order valence-electron chi connectivity index (χ2n) is 7.42. The van der Waals surface area contributed by atoms with Gasteiger partial charge in [0.2, 0.25) is 0 Å². The number of hydrogen-bond acceptors (Lipinski definition) is 3. The summed E-state index contributed by atoms with van der Waals surface area (Å²) in [5, 5.41) is 2.42. The Labute approximate surface area is 179 Å². The van der Waals surface area contributed by atoms with Crippen LogP contribution in [0.3, 0.4) is 0 Å². The molecule has 3 aromatic carbocycles. The molecule has 0 bridgehead atoms. The number of nitrogens with zero attached hydrogens (tertiary/aromatic N) is 1. The van der Waals surface area contributed by atoms with Gasteiger partial charge in [0.15, 0.2) is 0 Å². The minimum absolute atomic E-state index is 0.132. The highest BCUT2D eigenvalue weighted by Gasteiger charge is 2.29. The fourth-order valence-corrected chi connectivity index (χ4v) is 5.12. The van der Waals surface area contributed by atoms with E-state index < -0.39 is 27.6 Å². The Bertz CT molecular complexity index is 1260. The fourth-order valence-electron chi connectivity index (χ4n) is 3.58. The molecule has 0 aromatic heterocycles. The Morgan fingerprint density at radius 2 is 1.74 bits per heavy atom. The number of amides is 1. The molecule has 0 radical (unpaired) electrons. The topological polar surface area (TPSA) is 66.5 Å². The van der Waals surface area contributed by atoms with Crippen LogP contribution in [0, 0.1) is 18.6 Å².